The Morgan fingerprint density at radius 3 is 2.68 bits per heavy atom. The monoisotopic (exact) mass is 328 g/mol. The van der Waals surface area contributed by atoms with Crippen molar-refractivity contribution >= 4 is 10.2 Å². The van der Waals surface area contributed by atoms with Crippen LogP contribution >= 0.6 is 0 Å². The second-order valence-corrected chi connectivity index (χ2v) is 8.61. The first kappa shape index (κ1) is 15.9. The van der Waals surface area contributed by atoms with Crippen LogP contribution in [0.3, 0.4) is 0 Å². The van der Waals surface area contributed by atoms with Crippen LogP contribution in [0.25, 0.3) is 0 Å². The Hall–Kier alpha value is -0.960. The lowest BCUT2D eigenvalue weighted by atomic mass is 10.1. The minimum atomic E-state index is -3.44. The molecule has 0 bridgehead atoms. The molecule has 22 heavy (non-hydrogen) atoms. The molecule has 8 heteroatoms. The van der Waals surface area contributed by atoms with Gasteiger partial charge in [-0.1, -0.05) is 0 Å². The Kier molecular flexibility index (Phi) is 4.54. The third-order valence-corrected chi connectivity index (χ3v) is 6.10. The first-order valence-corrected chi connectivity index (χ1v) is 9.11. The summed E-state index contributed by atoms with van der Waals surface area (Å²) in [5.74, 6) is 0.861. The van der Waals surface area contributed by atoms with Crippen LogP contribution in [0.5, 0.6) is 0 Å². The molecule has 0 aromatic carbocycles. The average molecular weight is 328 g/mol. The second kappa shape index (κ2) is 6.27. The maximum Gasteiger partial charge on any atom is 0.281 e. The van der Waals surface area contributed by atoms with Gasteiger partial charge in [0.05, 0.1) is 25.2 Å². The zero-order chi connectivity index (χ0) is 15.7. The lowest BCUT2D eigenvalue weighted by molar-refractivity contribution is 0.0803. The molecular weight excluding hydrogens is 304 g/mol. The summed E-state index contributed by atoms with van der Waals surface area (Å²) in [5, 5.41) is 0. The van der Waals surface area contributed by atoms with Crippen molar-refractivity contribution in [3.05, 3.63) is 18.2 Å². The topological polar surface area (TPSA) is 67.7 Å². The smallest absolute Gasteiger partial charge is 0.281 e. The van der Waals surface area contributed by atoms with Crippen LogP contribution in [0, 0.1) is 11.8 Å². The summed E-state index contributed by atoms with van der Waals surface area (Å²) in [7, 11) is -0.305. The highest BCUT2D eigenvalue weighted by molar-refractivity contribution is 7.86. The van der Waals surface area contributed by atoms with Crippen molar-refractivity contribution in [2.24, 2.45) is 11.8 Å². The van der Waals surface area contributed by atoms with E-state index >= 15 is 0 Å². The quantitative estimate of drug-likeness (QED) is 0.765. The molecule has 7 nitrogen and oxygen atoms in total. The van der Waals surface area contributed by atoms with Crippen LogP contribution in [-0.4, -0.2) is 60.4 Å². The standard InChI is InChI=1S/C14H24N4O3S/c1-16(2)22(19,20)18-7-13(10-21-9-12-3-4-12)6-17-11-15-5-14(17)8-18/h5,11-13H,3-4,6-10H2,1-2H3/t13-/m1/s1. The third-order valence-electron chi connectivity index (χ3n) is 4.25. The maximum absolute atomic E-state index is 12.5. The number of aromatic nitrogens is 2. The molecule has 1 aromatic heterocycles. The van der Waals surface area contributed by atoms with E-state index in [1.807, 2.05) is 4.57 Å². The van der Waals surface area contributed by atoms with Gasteiger partial charge in [-0.15, -0.1) is 0 Å². The fourth-order valence-electron chi connectivity index (χ4n) is 2.71. The predicted molar refractivity (Wildman–Crippen MR) is 82.3 cm³/mol. The van der Waals surface area contributed by atoms with Crippen molar-refractivity contribution < 1.29 is 13.2 Å². The van der Waals surface area contributed by atoms with E-state index in [4.69, 9.17) is 4.74 Å². The first-order valence-electron chi connectivity index (χ1n) is 7.71. The zero-order valence-corrected chi connectivity index (χ0v) is 14.0. The largest absolute Gasteiger partial charge is 0.381 e. The van der Waals surface area contributed by atoms with Crippen LogP contribution < -0.4 is 0 Å². The van der Waals surface area contributed by atoms with Gasteiger partial charge in [0.25, 0.3) is 10.2 Å². The lowest BCUT2D eigenvalue weighted by Crippen LogP contribution is -2.42. The van der Waals surface area contributed by atoms with Crippen LogP contribution in [0.15, 0.2) is 12.5 Å². The molecule has 1 aromatic rings. The van der Waals surface area contributed by atoms with E-state index in [9.17, 15) is 8.42 Å². The fourth-order valence-corrected chi connectivity index (χ4v) is 3.87. The molecule has 1 saturated carbocycles. The molecule has 1 aliphatic heterocycles. The SMILES string of the molecule is CN(C)S(=O)(=O)N1Cc2cncn2C[C@@H](COCC2CC2)C1. The molecule has 0 amide bonds. The highest BCUT2D eigenvalue weighted by Crippen LogP contribution is 2.29. The Morgan fingerprint density at radius 2 is 2.00 bits per heavy atom. The van der Waals surface area contributed by atoms with E-state index in [0.717, 1.165) is 24.8 Å². The van der Waals surface area contributed by atoms with Crippen LogP contribution in [0.2, 0.25) is 0 Å². The molecule has 0 unspecified atom stereocenters. The number of nitrogens with zero attached hydrogens (tertiary/aromatic N) is 4. The number of hydrogen-bond donors (Lipinski definition) is 0. The van der Waals surface area contributed by atoms with Crippen LogP contribution in [0.4, 0.5) is 0 Å². The minimum absolute atomic E-state index is 0.143. The Balaban J connectivity index is 1.73. The number of hydrogen-bond acceptors (Lipinski definition) is 4. The van der Waals surface area contributed by atoms with Crippen molar-refractivity contribution in [3.8, 4) is 0 Å². The number of imidazole rings is 1. The highest BCUT2D eigenvalue weighted by atomic mass is 32.2. The summed E-state index contributed by atoms with van der Waals surface area (Å²) >= 11 is 0. The van der Waals surface area contributed by atoms with Crippen molar-refractivity contribution in [1.29, 1.82) is 0 Å². The van der Waals surface area contributed by atoms with E-state index in [1.165, 1.54) is 21.5 Å². The van der Waals surface area contributed by atoms with Crippen molar-refractivity contribution in [3.63, 3.8) is 0 Å². The molecule has 1 fully saturated rings. The Morgan fingerprint density at radius 1 is 1.27 bits per heavy atom. The minimum Gasteiger partial charge on any atom is -0.381 e. The summed E-state index contributed by atoms with van der Waals surface area (Å²) in [4.78, 5) is 4.15. The van der Waals surface area contributed by atoms with Gasteiger partial charge in [0.2, 0.25) is 0 Å². The summed E-state index contributed by atoms with van der Waals surface area (Å²) in [6.07, 6.45) is 6.04. The Labute approximate surface area is 132 Å². The molecule has 2 heterocycles. The number of fused-ring (bicyclic) bond motifs is 1. The van der Waals surface area contributed by atoms with Gasteiger partial charge >= 0.3 is 0 Å². The zero-order valence-electron chi connectivity index (χ0n) is 13.2. The summed E-state index contributed by atoms with van der Waals surface area (Å²) in [6, 6.07) is 0. The fraction of sp³-hybridized carbons (Fsp3) is 0.786. The molecule has 2 aliphatic rings. The first-order chi connectivity index (χ1) is 10.5. The molecule has 3 rings (SSSR count). The molecule has 1 atom stereocenters. The third kappa shape index (κ3) is 3.51. The van der Waals surface area contributed by atoms with Gasteiger partial charge in [-0.2, -0.15) is 17.0 Å². The van der Waals surface area contributed by atoms with E-state index in [2.05, 4.69) is 4.98 Å². The molecule has 1 aliphatic carbocycles. The van der Waals surface area contributed by atoms with Gasteiger partial charge < -0.3 is 9.30 Å². The van der Waals surface area contributed by atoms with E-state index in [0.29, 0.717) is 19.7 Å². The van der Waals surface area contributed by atoms with E-state index in [1.54, 1.807) is 26.6 Å². The van der Waals surface area contributed by atoms with Gasteiger partial charge in [0.15, 0.2) is 0 Å². The maximum atomic E-state index is 12.5. The number of ether oxygens (including phenoxy) is 1. The summed E-state index contributed by atoms with van der Waals surface area (Å²) < 4.78 is 35.6. The molecule has 0 spiro atoms. The van der Waals surface area contributed by atoms with Gasteiger partial charge in [0.1, 0.15) is 0 Å². The van der Waals surface area contributed by atoms with Crippen molar-refractivity contribution in [2.45, 2.75) is 25.9 Å². The van der Waals surface area contributed by atoms with Gasteiger partial charge in [-0.3, -0.25) is 0 Å². The molecular formula is C14H24N4O3S. The van der Waals surface area contributed by atoms with Crippen molar-refractivity contribution in [1.82, 2.24) is 18.2 Å². The van der Waals surface area contributed by atoms with Crippen LogP contribution in [0.1, 0.15) is 18.5 Å². The van der Waals surface area contributed by atoms with Gasteiger partial charge in [-0.05, 0) is 18.8 Å². The average Bonchev–Trinajstić information content (AvgIpc) is 3.21. The summed E-state index contributed by atoms with van der Waals surface area (Å²) in [6.45, 7) is 2.98. The Bertz CT molecular complexity index is 609. The van der Waals surface area contributed by atoms with Gasteiger partial charge in [-0.25, -0.2) is 4.98 Å². The van der Waals surface area contributed by atoms with Crippen molar-refractivity contribution in [2.75, 3.05) is 33.9 Å². The second-order valence-electron chi connectivity index (χ2n) is 6.47. The van der Waals surface area contributed by atoms with Gasteiger partial charge in [0, 0.05) is 45.9 Å². The molecule has 0 saturated heterocycles. The van der Waals surface area contributed by atoms with E-state index < -0.39 is 10.2 Å². The molecule has 124 valence electrons. The lowest BCUT2D eigenvalue weighted by Gasteiger charge is -2.26. The van der Waals surface area contributed by atoms with Crippen LogP contribution in [-0.2, 0) is 28.0 Å². The normalized spacial score (nSPS) is 23.5. The molecule has 0 radical (unpaired) electrons. The molecule has 0 N–H and O–H groups in total. The summed E-state index contributed by atoms with van der Waals surface area (Å²) in [5.41, 5.74) is 0.926. The van der Waals surface area contributed by atoms with E-state index in [-0.39, 0.29) is 5.92 Å². The predicted octanol–water partition coefficient (Wildman–Crippen LogP) is 0.548. The number of rotatable bonds is 6. The highest BCUT2D eigenvalue weighted by Gasteiger charge is 2.31.